The second-order valence-electron chi connectivity index (χ2n) is 2.60. The number of nitrogens with zero attached hydrogens (tertiary/aromatic N) is 2. The van der Waals surface area contributed by atoms with Gasteiger partial charge in [0.25, 0.3) is 0 Å². The number of hydrogen-bond acceptors (Lipinski definition) is 4. The lowest BCUT2D eigenvalue weighted by atomic mass is 10.4. The van der Waals surface area contributed by atoms with E-state index < -0.39 is 0 Å². The molecule has 4 N–H and O–H groups in total. The van der Waals surface area contributed by atoms with Crippen molar-refractivity contribution in [2.45, 2.75) is 25.9 Å². The number of rotatable bonds is 4. The van der Waals surface area contributed by atoms with Crippen molar-refractivity contribution in [3.8, 4) is 0 Å². The molecule has 0 spiro atoms. The summed E-state index contributed by atoms with van der Waals surface area (Å²) >= 11 is 0. The molecule has 0 aliphatic rings. The third-order valence-corrected chi connectivity index (χ3v) is 0.839. The lowest BCUT2D eigenvalue weighted by Crippen LogP contribution is -2.20. The predicted octanol–water partition coefficient (Wildman–Crippen LogP) is 0.133. The number of hydrogen-bond donors (Lipinski definition) is 2. The molecule has 60 valence electrons. The lowest BCUT2D eigenvalue weighted by molar-refractivity contribution is 0.672. The Kier molecular flexibility index (Phi) is 5.06. The van der Waals surface area contributed by atoms with Crippen molar-refractivity contribution in [1.29, 1.82) is 0 Å². The quantitative estimate of drug-likeness (QED) is 0.550. The molecule has 10 heavy (non-hydrogen) atoms. The van der Waals surface area contributed by atoms with E-state index >= 15 is 0 Å². The van der Waals surface area contributed by atoms with Gasteiger partial charge in [-0.05, 0) is 13.8 Å². The molecular formula is C6H16N4. The van der Waals surface area contributed by atoms with E-state index in [9.17, 15) is 0 Å². The van der Waals surface area contributed by atoms with Crippen LogP contribution in [-0.2, 0) is 0 Å². The third kappa shape index (κ3) is 7.52. The van der Waals surface area contributed by atoms with Gasteiger partial charge in [-0.25, -0.2) is 0 Å². The molecule has 4 heteroatoms. The fourth-order valence-electron chi connectivity index (χ4n) is 0.373. The SMILES string of the molecule is CC(N)CN=NCC(C)N. The molecule has 0 aromatic heterocycles. The highest BCUT2D eigenvalue weighted by Gasteiger charge is 1.90. The van der Waals surface area contributed by atoms with Crippen LogP contribution in [0.1, 0.15) is 13.8 Å². The van der Waals surface area contributed by atoms with Crippen molar-refractivity contribution >= 4 is 0 Å². The summed E-state index contributed by atoms with van der Waals surface area (Å²) in [7, 11) is 0. The molecule has 0 heterocycles. The summed E-state index contributed by atoms with van der Waals surface area (Å²) < 4.78 is 0. The standard InChI is InChI=1S/C6H16N4/c1-5(7)3-9-10-4-6(2)8/h5-6H,3-4,7-8H2,1-2H3. The summed E-state index contributed by atoms with van der Waals surface area (Å²) in [5, 5.41) is 7.66. The zero-order valence-electron chi connectivity index (χ0n) is 6.62. The Bertz CT molecular complexity index is 85.9. The summed E-state index contributed by atoms with van der Waals surface area (Å²) in [5.41, 5.74) is 10.8. The fourth-order valence-corrected chi connectivity index (χ4v) is 0.373. The monoisotopic (exact) mass is 144 g/mol. The van der Waals surface area contributed by atoms with Gasteiger partial charge in [-0.3, -0.25) is 0 Å². The molecule has 0 radical (unpaired) electrons. The molecule has 0 fully saturated rings. The molecular weight excluding hydrogens is 128 g/mol. The van der Waals surface area contributed by atoms with Crippen molar-refractivity contribution in [1.82, 2.24) is 0 Å². The molecule has 4 nitrogen and oxygen atoms in total. The minimum Gasteiger partial charge on any atom is -0.326 e. The van der Waals surface area contributed by atoms with Crippen LogP contribution in [0.4, 0.5) is 0 Å². The van der Waals surface area contributed by atoms with Crippen molar-refractivity contribution in [2.24, 2.45) is 21.7 Å². The van der Waals surface area contributed by atoms with E-state index in [0.717, 1.165) is 0 Å². The van der Waals surface area contributed by atoms with Gasteiger partial charge in [-0.1, -0.05) is 0 Å². The van der Waals surface area contributed by atoms with Crippen LogP contribution in [0.3, 0.4) is 0 Å². The summed E-state index contributed by atoms with van der Waals surface area (Å²) in [4.78, 5) is 0. The van der Waals surface area contributed by atoms with Gasteiger partial charge in [0.05, 0.1) is 13.1 Å². The maximum absolute atomic E-state index is 5.42. The second-order valence-corrected chi connectivity index (χ2v) is 2.60. The van der Waals surface area contributed by atoms with E-state index in [0.29, 0.717) is 13.1 Å². The van der Waals surface area contributed by atoms with E-state index in [1.807, 2.05) is 13.8 Å². The normalized spacial score (nSPS) is 17.6. The van der Waals surface area contributed by atoms with Gasteiger partial charge in [-0.15, -0.1) is 0 Å². The summed E-state index contributed by atoms with van der Waals surface area (Å²) in [6.07, 6.45) is 0. The molecule has 2 unspecified atom stereocenters. The average Bonchev–Trinajstić information content (AvgIpc) is 1.79. The lowest BCUT2D eigenvalue weighted by Gasteiger charge is -1.98. The maximum atomic E-state index is 5.42. The van der Waals surface area contributed by atoms with Crippen LogP contribution in [0.15, 0.2) is 10.2 Å². The minimum atomic E-state index is 0.0943. The zero-order valence-corrected chi connectivity index (χ0v) is 6.62. The van der Waals surface area contributed by atoms with Gasteiger partial charge in [0.1, 0.15) is 0 Å². The Balaban J connectivity index is 3.20. The minimum absolute atomic E-state index is 0.0943. The summed E-state index contributed by atoms with van der Waals surface area (Å²) in [5.74, 6) is 0. The molecule has 0 amide bonds. The van der Waals surface area contributed by atoms with E-state index in [1.165, 1.54) is 0 Å². The van der Waals surface area contributed by atoms with Gasteiger partial charge in [-0.2, -0.15) is 10.2 Å². The van der Waals surface area contributed by atoms with Gasteiger partial charge < -0.3 is 11.5 Å². The Labute approximate surface area is 61.7 Å². The molecule has 0 aromatic carbocycles. The van der Waals surface area contributed by atoms with Crippen LogP contribution in [0.5, 0.6) is 0 Å². The second kappa shape index (κ2) is 5.32. The van der Waals surface area contributed by atoms with Crippen LogP contribution < -0.4 is 11.5 Å². The Morgan fingerprint density at radius 3 is 1.50 bits per heavy atom. The van der Waals surface area contributed by atoms with E-state index in [2.05, 4.69) is 10.2 Å². The highest BCUT2D eigenvalue weighted by atomic mass is 15.1. The van der Waals surface area contributed by atoms with Crippen LogP contribution in [0.2, 0.25) is 0 Å². The van der Waals surface area contributed by atoms with Gasteiger partial charge >= 0.3 is 0 Å². The largest absolute Gasteiger partial charge is 0.326 e. The molecule has 0 aromatic rings. The zero-order chi connectivity index (χ0) is 7.98. The third-order valence-electron chi connectivity index (χ3n) is 0.839. The van der Waals surface area contributed by atoms with Gasteiger partial charge in [0, 0.05) is 12.1 Å². The molecule has 0 saturated heterocycles. The molecule has 0 rings (SSSR count). The number of azo groups is 1. The number of nitrogens with two attached hydrogens (primary N) is 2. The van der Waals surface area contributed by atoms with Crippen molar-refractivity contribution in [2.75, 3.05) is 13.1 Å². The van der Waals surface area contributed by atoms with E-state index in [1.54, 1.807) is 0 Å². The highest BCUT2D eigenvalue weighted by Crippen LogP contribution is 1.82. The molecule has 0 aliphatic heterocycles. The predicted molar refractivity (Wildman–Crippen MR) is 41.9 cm³/mol. The highest BCUT2D eigenvalue weighted by molar-refractivity contribution is 4.57. The first-order valence-corrected chi connectivity index (χ1v) is 3.47. The van der Waals surface area contributed by atoms with Crippen molar-refractivity contribution < 1.29 is 0 Å². The molecule has 2 atom stereocenters. The van der Waals surface area contributed by atoms with E-state index in [-0.39, 0.29) is 12.1 Å². The van der Waals surface area contributed by atoms with Crippen LogP contribution in [0, 0.1) is 0 Å². The van der Waals surface area contributed by atoms with Crippen LogP contribution >= 0.6 is 0 Å². The Morgan fingerprint density at radius 2 is 1.30 bits per heavy atom. The van der Waals surface area contributed by atoms with Crippen LogP contribution in [-0.4, -0.2) is 25.2 Å². The fraction of sp³-hybridized carbons (Fsp3) is 1.00. The van der Waals surface area contributed by atoms with Gasteiger partial charge in [0.2, 0.25) is 0 Å². The van der Waals surface area contributed by atoms with E-state index in [4.69, 9.17) is 11.5 Å². The first-order chi connectivity index (χ1) is 4.63. The first-order valence-electron chi connectivity index (χ1n) is 3.47. The molecule has 0 aliphatic carbocycles. The first kappa shape index (κ1) is 9.52. The maximum Gasteiger partial charge on any atom is 0.0747 e. The van der Waals surface area contributed by atoms with Gasteiger partial charge in [0.15, 0.2) is 0 Å². The Morgan fingerprint density at radius 1 is 1.00 bits per heavy atom. The molecule has 0 bridgehead atoms. The molecule has 0 saturated carbocycles. The summed E-state index contributed by atoms with van der Waals surface area (Å²) in [6.45, 7) is 4.97. The Hall–Kier alpha value is -0.480. The smallest absolute Gasteiger partial charge is 0.0747 e. The van der Waals surface area contributed by atoms with Crippen LogP contribution in [0.25, 0.3) is 0 Å². The van der Waals surface area contributed by atoms with Crippen molar-refractivity contribution in [3.63, 3.8) is 0 Å². The summed E-state index contributed by atoms with van der Waals surface area (Å²) in [6, 6.07) is 0.189. The van der Waals surface area contributed by atoms with Crippen molar-refractivity contribution in [3.05, 3.63) is 0 Å². The average molecular weight is 144 g/mol. The topological polar surface area (TPSA) is 76.8 Å².